The van der Waals surface area contributed by atoms with E-state index in [4.69, 9.17) is 10.5 Å². The lowest BCUT2D eigenvalue weighted by Gasteiger charge is -2.24. The second-order valence-corrected chi connectivity index (χ2v) is 6.75. The van der Waals surface area contributed by atoms with Crippen LogP contribution >= 0.6 is 11.3 Å². The molecular formula is C15H25N3O2S. The molecule has 0 aromatic carbocycles. The molecule has 4 N–H and O–H groups in total. The summed E-state index contributed by atoms with van der Waals surface area (Å²) in [5, 5.41) is 7.04. The maximum Gasteiger partial charge on any atom is 0.263 e. The number of nitrogens with one attached hydrogen (secondary N) is 2. The lowest BCUT2D eigenvalue weighted by Crippen LogP contribution is -2.22. The van der Waals surface area contributed by atoms with E-state index in [1.54, 1.807) is 7.05 Å². The predicted octanol–water partition coefficient (Wildman–Crippen LogP) is 3.22. The van der Waals surface area contributed by atoms with Crippen LogP contribution in [0.15, 0.2) is 0 Å². The van der Waals surface area contributed by atoms with Gasteiger partial charge in [-0.1, -0.05) is 19.3 Å². The van der Waals surface area contributed by atoms with Crippen LogP contribution in [0.5, 0.6) is 5.75 Å². The molecule has 1 aromatic heterocycles. The van der Waals surface area contributed by atoms with E-state index >= 15 is 0 Å². The third kappa shape index (κ3) is 3.81. The van der Waals surface area contributed by atoms with Gasteiger partial charge in [-0.3, -0.25) is 4.79 Å². The minimum absolute atomic E-state index is 0.0198. The molecular weight excluding hydrogens is 286 g/mol. The third-order valence-electron chi connectivity index (χ3n) is 3.63. The van der Waals surface area contributed by atoms with Gasteiger partial charge in [0.1, 0.15) is 15.6 Å². The van der Waals surface area contributed by atoms with Gasteiger partial charge in [-0.15, -0.1) is 11.3 Å². The number of nitrogen functional groups attached to an aromatic ring is 1. The Kier molecular flexibility index (Phi) is 5.33. The van der Waals surface area contributed by atoms with E-state index in [0.29, 0.717) is 22.4 Å². The Bertz CT molecular complexity index is 493. The molecule has 0 radical (unpaired) electrons. The highest BCUT2D eigenvalue weighted by molar-refractivity contribution is 7.19. The highest BCUT2D eigenvalue weighted by Crippen LogP contribution is 2.44. The van der Waals surface area contributed by atoms with Crippen LogP contribution in [0, 0.1) is 0 Å². The van der Waals surface area contributed by atoms with Crippen LogP contribution in [-0.4, -0.2) is 25.1 Å². The second kappa shape index (κ2) is 7.02. The fourth-order valence-electron chi connectivity index (χ4n) is 2.59. The standard InChI is InChI=1S/C15H25N3O2S/c1-9(2)20-12-11(16)13(14(19)17-3)21-15(12)18-10-7-5-4-6-8-10/h9-10,18H,4-8,16H2,1-3H3,(H,17,19). The fraction of sp³-hybridized carbons (Fsp3) is 0.667. The second-order valence-electron chi connectivity index (χ2n) is 5.73. The van der Waals surface area contributed by atoms with Gasteiger partial charge in [0.2, 0.25) is 0 Å². The average molecular weight is 311 g/mol. The number of carbonyl (C=O) groups excluding carboxylic acids is 1. The predicted molar refractivity (Wildman–Crippen MR) is 88.4 cm³/mol. The number of ether oxygens (including phenoxy) is 1. The summed E-state index contributed by atoms with van der Waals surface area (Å²) >= 11 is 1.38. The molecule has 1 fully saturated rings. The van der Waals surface area contributed by atoms with Crippen molar-refractivity contribution in [1.82, 2.24) is 5.32 Å². The largest absolute Gasteiger partial charge is 0.486 e. The van der Waals surface area contributed by atoms with Crippen LogP contribution in [-0.2, 0) is 0 Å². The monoisotopic (exact) mass is 311 g/mol. The van der Waals surface area contributed by atoms with Crippen LogP contribution in [0.4, 0.5) is 10.7 Å². The summed E-state index contributed by atoms with van der Waals surface area (Å²) in [6.45, 7) is 3.92. The molecule has 0 unspecified atom stereocenters. The van der Waals surface area contributed by atoms with Crippen molar-refractivity contribution in [3.05, 3.63) is 4.88 Å². The van der Waals surface area contributed by atoms with Gasteiger partial charge in [-0.2, -0.15) is 0 Å². The van der Waals surface area contributed by atoms with Crippen molar-refractivity contribution < 1.29 is 9.53 Å². The van der Waals surface area contributed by atoms with E-state index in [0.717, 1.165) is 17.8 Å². The average Bonchev–Trinajstić information content (AvgIpc) is 2.76. The first-order valence-corrected chi connectivity index (χ1v) is 8.42. The minimum Gasteiger partial charge on any atom is -0.486 e. The summed E-state index contributed by atoms with van der Waals surface area (Å²) in [5.41, 5.74) is 6.56. The fourth-order valence-corrected chi connectivity index (χ4v) is 3.67. The van der Waals surface area contributed by atoms with E-state index in [1.807, 2.05) is 13.8 Å². The SMILES string of the molecule is CNC(=O)c1sc(NC2CCCCC2)c(OC(C)C)c1N. The number of carbonyl (C=O) groups is 1. The van der Waals surface area contributed by atoms with Crippen LogP contribution < -0.4 is 21.1 Å². The summed E-state index contributed by atoms with van der Waals surface area (Å²) in [6.07, 6.45) is 6.15. The number of nitrogens with two attached hydrogens (primary N) is 1. The van der Waals surface area contributed by atoms with Crippen LogP contribution in [0.1, 0.15) is 55.6 Å². The van der Waals surface area contributed by atoms with Crippen molar-refractivity contribution in [2.75, 3.05) is 18.1 Å². The summed E-state index contributed by atoms with van der Waals surface area (Å²) in [4.78, 5) is 12.4. The van der Waals surface area contributed by atoms with Gasteiger partial charge >= 0.3 is 0 Å². The topological polar surface area (TPSA) is 76.4 Å². The zero-order valence-electron chi connectivity index (χ0n) is 13.0. The van der Waals surface area contributed by atoms with Gasteiger partial charge in [0, 0.05) is 13.1 Å². The molecule has 5 nitrogen and oxygen atoms in total. The molecule has 0 atom stereocenters. The highest BCUT2D eigenvalue weighted by atomic mass is 32.1. The van der Waals surface area contributed by atoms with Crippen molar-refractivity contribution in [1.29, 1.82) is 0 Å². The summed E-state index contributed by atoms with van der Waals surface area (Å²) in [5.74, 6) is 0.460. The Hall–Kier alpha value is -1.43. The van der Waals surface area contributed by atoms with E-state index < -0.39 is 0 Å². The third-order valence-corrected chi connectivity index (χ3v) is 4.74. The molecule has 1 aliphatic rings. The van der Waals surface area contributed by atoms with Crippen LogP contribution in [0.25, 0.3) is 0 Å². The van der Waals surface area contributed by atoms with Crippen molar-refractivity contribution in [3.63, 3.8) is 0 Å². The van der Waals surface area contributed by atoms with E-state index in [-0.39, 0.29) is 12.0 Å². The molecule has 6 heteroatoms. The molecule has 21 heavy (non-hydrogen) atoms. The lowest BCUT2D eigenvalue weighted by atomic mass is 9.96. The number of amides is 1. The summed E-state index contributed by atoms with van der Waals surface area (Å²) in [7, 11) is 1.61. The van der Waals surface area contributed by atoms with E-state index in [1.165, 1.54) is 30.6 Å². The number of hydrogen-bond donors (Lipinski definition) is 3. The Morgan fingerprint density at radius 3 is 2.57 bits per heavy atom. The van der Waals surface area contributed by atoms with E-state index in [9.17, 15) is 4.79 Å². The molecule has 0 aliphatic heterocycles. The van der Waals surface area contributed by atoms with Crippen LogP contribution in [0.3, 0.4) is 0 Å². The van der Waals surface area contributed by atoms with Gasteiger partial charge in [0.05, 0.1) is 6.10 Å². The molecule has 0 spiro atoms. The molecule has 1 amide bonds. The molecule has 1 aliphatic carbocycles. The van der Waals surface area contributed by atoms with E-state index in [2.05, 4.69) is 10.6 Å². The smallest absolute Gasteiger partial charge is 0.263 e. The first-order chi connectivity index (χ1) is 10.0. The zero-order valence-corrected chi connectivity index (χ0v) is 13.8. The van der Waals surface area contributed by atoms with Gasteiger partial charge in [-0.05, 0) is 26.7 Å². The summed E-state index contributed by atoms with van der Waals surface area (Å²) < 4.78 is 5.84. The minimum atomic E-state index is -0.164. The lowest BCUT2D eigenvalue weighted by molar-refractivity contribution is 0.0967. The summed E-state index contributed by atoms with van der Waals surface area (Å²) in [6, 6.07) is 0.448. The molecule has 0 saturated heterocycles. The maximum absolute atomic E-state index is 11.9. The number of thiophene rings is 1. The normalized spacial score (nSPS) is 16.0. The first kappa shape index (κ1) is 15.9. The molecule has 1 heterocycles. The first-order valence-electron chi connectivity index (χ1n) is 7.60. The number of anilines is 2. The van der Waals surface area contributed by atoms with Crippen molar-refractivity contribution in [3.8, 4) is 5.75 Å². The van der Waals surface area contributed by atoms with Crippen molar-refractivity contribution >= 4 is 27.9 Å². The quantitative estimate of drug-likeness (QED) is 0.780. The van der Waals surface area contributed by atoms with Crippen LogP contribution in [0.2, 0.25) is 0 Å². The van der Waals surface area contributed by atoms with Gasteiger partial charge in [0.15, 0.2) is 5.75 Å². The molecule has 1 aromatic rings. The number of rotatable bonds is 5. The van der Waals surface area contributed by atoms with Crippen molar-refractivity contribution in [2.45, 2.75) is 58.1 Å². The Balaban J connectivity index is 2.26. The molecule has 1 saturated carbocycles. The highest BCUT2D eigenvalue weighted by Gasteiger charge is 2.24. The van der Waals surface area contributed by atoms with Crippen molar-refractivity contribution in [2.24, 2.45) is 0 Å². The maximum atomic E-state index is 11.9. The molecule has 118 valence electrons. The number of hydrogen-bond acceptors (Lipinski definition) is 5. The Morgan fingerprint density at radius 1 is 1.33 bits per heavy atom. The van der Waals surface area contributed by atoms with Gasteiger partial charge in [-0.25, -0.2) is 0 Å². The zero-order chi connectivity index (χ0) is 15.4. The Morgan fingerprint density at radius 2 is 2.00 bits per heavy atom. The van der Waals surface area contributed by atoms with Gasteiger partial charge < -0.3 is 21.1 Å². The molecule has 0 bridgehead atoms. The van der Waals surface area contributed by atoms with Gasteiger partial charge in [0.25, 0.3) is 5.91 Å². The molecule has 2 rings (SSSR count). The Labute approximate surface area is 130 Å².